The fourth-order valence-electron chi connectivity index (χ4n) is 4.88. The first kappa shape index (κ1) is 29.5. The van der Waals surface area contributed by atoms with E-state index in [0.29, 0.717) is 13.2 Å². The molecule has 8 nitrogen and oxygen atoms in total. The fourth-order valence-corrected chi connectivity index (χ4v) is 4.88. The minimum absolute atomic E-state index is 0.133. The van der Waals surface area contributed by atoms with Gasteiger partial charge in [-0.3, -0.25) is 0 Å². The number of fused-ring (bicyclic) bond motifs is 1. The zero-order valence-corrected chi connectivity index (χ0v) is 22.1. The Labute approximate surface area is 221 Å². The fraction of sp³-hybridized carbons (Fsp3) is 0.724. The average Bonchev–Trinajstić information content (AvgIpc) is 2.94. The second kappa shape index (κ2) is 17.5. The van der Waals surface area contributed by atoms with Crippen molar-refractivity contribution in [3.05, 3.63) is 35.9 Å². The molecule has 0 saturated carbocycles. The summed E-state index contributed by atoms with van der Waals surface area (Å²) >= 11 is 0. The van der Waals surface area contributed by atoms with Crippen molar-refractivity contribution in [1.29, 1.82) is 10.5 Å². The zero-order chi connectivity index (χ0) is 26.1. The van der Waals surface area contributed by atoms with Crippen LogP contribution >= 0.6 is 0 Å². The summed E-state index contributed by atoms with van der Waals surface area (Å²) in [5.41, 5.74) is 0.883. The molecule has 0 amide bonds. The van der Waals surface area contributed by atoms with E-state index in [1.165, 1.54) is 51.4 Å². The molecule has 0 aliphatic carbocycles. The van der Waals surface area contributed by atoms with E-state index in [0.717, 1.165) is 18.4 Å². The molecule has 0 N–H and O–H groups in total. The van der Waals surface area contributed by atoms with Gasteiger partial charge >= 0.3 is 0 Å². The van der Waals surface area contributed by atoms with Gasteiger partial charge in [0.1, 0.15) is 37.6 Å². The molecule has 2 aliphatic heterocycles. The Morgan fingerprint density at radius 2 is 1.41 bits per heavy atom. The minimum Gasteiger partial charge on any atom is -0.358 e. The lowest BCUT2D eigenvalue weighted by molar-refractivity contribution is -0.368. The van der Waals surface area contributed by atoms with Crippen LogP contribution in [0.4, 0.5) is 0 Å². The lowest BCUT2D eigenvalue weighted by Crippen LogP contribution is -2.63. The Balaban J connectivity index is 1.52. The van der Waals surface area contributed by atoms with E-state index in [1.807, 2.05) is 42.5 Å². The van der Waals surface area contributed by atoms with Crippen LogP contribution in [0.15, 0.2) is 30.3 Å². The summed E-state index contributed by atoms with van der Waals surface area (Å²) in [7, 11) is 0. The smallest absolute Gasteiger partial charge is 0.186 e. The first-order chi connectivity index (χ1) is 18.3. The molecule has 6 atom stereocenters. The van der Waals surface area contributed by atoms with Crippen LogP contribution in [0.2, 0.25) is 0 Å². The van der Waals surface area contributed by atoms with Crippen molar-refractivity contribution in [1.82, 2.24) is 0 Å². The molecule has 0 aromatic heterocycles. The van der Waals surface area contributed by atoms with Crippen molar-refractivity contribution in [3.8, 4) is 12.1 Å². The summed E-state index contributed by atoms with van der Waals surface area (Å²) in [4.78, 5) is 0. The van der Waals surface area contributed by atoms with Gasteiger partial charge in [-0.15, -0.1) is 0 Å². The molecule has 0 bridgehead atoms. The summed E-state index contributed by atoms with van der Waals surface area (Å²) in [6, 6.07) is 13.7. The number of hydrogen-bond acceptors (Lipinski definition) is 8. The molecule has 0 unspecified atom stereocenters. The lowest BCUT2D eigenvalue weighted by Gasteiger charge is -2.48. The molecule has 2 heterocycles. The summed E-state index contributed by atoms with van der Waals surface area (Å²) in [6.07, 6.45) is 8.77. The van der Waals surface area contributed by atoms with E-state index < -0.39 is 37.0 Å². The maximum atomic E-state index is 9.17. The maximum Gasteiger partial charge on any atom is 0.186 e. The van der Waals surface area contributed by atoms with Gasteiger partial charge in [0.05, 0.1) is 18.7 Å². The van der Waals surface area contributed by atoms with Crippen molar-refractivity contribution in [2.45, 2.75) is 108 Å². The molecule has 1 aromatic carbocycles. The van der Waals surface area contributed by atoms with Gasteiger partial charge in [-0.2, -0.15) is 10.5 Å². The number of benzene rings is 1. The Kier molecular flexibility index (Phi) is 13.9. The summed E-state index contributed by atoms with van der Waals surface area (Å²) in [6.45, 7) is 2.78. The van der Waals surface area contributed by atoms with Crippen LogP contribution in [0.5, 0.6) is 0 Å². The van der Waals surface area contributed by atoms with Gasteiger partial charge < -0.3 is 28.4 Å². The Bertz CT molecular complexity index is 826. The number of hydrogen-bond donors (Lipinski definition) is 0. The third kappa shape index (κ3) is 9.65. The molecule has 0 spiro atoms. The molecule has 2 aliphatic rings. The highest BCUT2D eigenvalue weighted by atomic mass is 16.8. The van der Waals surface area contributed by atoms with E-state index in [4.69, 9.17) is 33.7 Å². The molecule has 3 rings (SSSR count). The first-order valence-corrected chi connectivity index (χ1v) is 13.8. The van der Waals surface area contributed by atoms with Gasteiger partial charge in [-0.1, -0.05) is 95.0 Å². The molecular weight excluding hydrogens is 472 g/mol. The molecule has 2 fully saturated rings. The van der Waals surface area contributed by atoms with Crippen LogP contribution in [0, 0.1) is 22.7 Å². The number of unbranched alkanes of at least 4 members (excludes halogenated alkanes) is 9. The van der Waals surface area contributed by atoms with Gasteiger partial charge in [-0.05, 0) is 6.42 Å². The van der Waals surface area contributed by atoms with Crippen LogP contribution in [-0.2, 0) is 28.4 Å². The van der Waals surface area contributed by atoms with Gasteiger partial charge in [0.2, 0.25) is 0 Å². The van der Waals surface area contributed by atoms with E-state index in [-0.39, 0.29) is 13.2 Å². The van der Waals surface area contributed by atoms with E-state index >= 15 is 0 Å². The predicted octanol–water partition coefficient (Wildman–Crippen LogP) is 5.58. The van der Waals surface area contributed by atoms with Crippen LogP contribution in [0.25, 0.3) is 0 Å². The normalized spacial score (nSPS) is 27.2. The quantitative estimate of drug-likeness (QED) is 0.248. The summed E-state index contributed by atoms with van der Waals surface area (Å²) < 4.78 is 36.2. The van der Waals surface area contributed by atoms with E-state index in [2.05, 4.69) is 6.92 Å². The first-order valence-electron chi connectivity index (χ1n) is 13.8. The van der Waals surface area contributed by atoms with Crippen molar-refractivity contribution in [2.24, 2.45) is 0 Å². The number of nitrogens with zero attached hydrogens (tertiary/aromatic N) is 2. The third-order valence-corrected chi connectivity index (χ3v) is 6.82. The molecule has 0 radical (unpaired) electrons. The molecular formula is C29H42N2O6. The lowest BCUT2D eigenvalue weighted by atomic mass is 9.97. The number of nitriles is 2. The number of rotatable bonds is 17. The molecule has 37 heavy (non-hydrogen) atoms. The molecule has 1 aromatic rings. The molecule has 204 valence electrons. The second-order valence-corrected chi connectivity index (χ2v) is 9.64. The Morgan fingerprint density at radius 3 is 2.05 bits per heavy atom. The summed E-state index contributed by atoms with van der Waals surface area (Å²) in [5, 5.41) is 18.3. The standard InChI is InChI=1S/C29H42N2O6/c1-2-3-4-5-6-7-8-9-10-14-19-34-29-27(33-21-18-31)26(32-20-17-30)25-24(36-29)22-35-28(37-25)23-15-12-11-13-16-23/h11-13,15-16,24-29H,2-10,14,19-22H2,1H3/t24-,25+,26+,27-,28-,29-/m1/s1. The van der Waals surface area contributed by atoms with Crippen LogP contribution < -0.4 is 0 Å². The largest absolute Gasteiger partial charge is 0.358 e. The SMILES string of the molecule is CCCCCCCCCCCCO[C@@H]1O[C@@H]2CO[C@@H](c3ccccc3)O[C@@H]2[C@H](OCC#N)[C@H]1OCC#N. The third-order valence-electron chi connectivity index (χ3n) is 6.82. The minimum atomic E-state index is -0.739. The van der Waals surface area contributed by atoms with Gasteiger partial charge in [0.25, 0.3) is 0 Å². The van der Waals surface area contributed by atoms with Crippen LogP contribution in [0.3, 0.4) is 0 Å². The highest BCUT2D eigenvalue weighted by Gasteiger charge is 2.51. The van der Waals surface area contributed by atoms with Crippen LogP contribution in [-0.4, -0.2) is 57.1 Å². The highest BCUT2D eigenvalue weighted by molar-refractivity contribution is 5.16. The Hall–Kier alpha value is -2.04. The summed E-state index contributed by atoms with van der Waals surface area (Å²) in [5.74, 6) is 0. The van der Waals surface area contributed by atoms with Crippen molar-refractivity contribution < 1.29 is 28.4 Å². The topological polar surface area (TPSA) is 103 Å². The molecule has 8 heteroatoms. The Morgan fingerprint density at radius 1 is 0.784 bits per heavy atom. The second-order valence-electron chi connectivity index (χ2n) is 9.64. The van der Waals surface area contributed by atoms with E-state index in [1.54, 1.807) is 0 Å². The van der Waals surface area contributed by atoms with E-state index in [9.17, 15) is 5.26 Å². The maximum absolute atomic E-state index is 9.17. The van der Waals surface area contributed by atoms with Gasteiger partial charge in [0, 0.05) is 12.2 Å². The highest BCUT2D eigenvalue weighted by Crippen LogP contribution is 2.36. The van der Waals surface area contributed by atoms with Gasteiger partial charge in [-0.25, -0.2) is 0 Å². The van der Waals surface area contributed by atoms with Crippen molar-refractivity contribution >= 4 is 0 Å². The molecule has 2 saturated heterocycles. The van der Waals surface area contributed by atoms with Crippen LogP contribution in [0.1, 0.15) is 83.0 Å². The zero-order valence-electron chi connectivity index (χ0n) is 22.1. The van der Waals surface area contributed by atoms with Crippen molar-refractivity contribution in [3.63, 3.8) is 0 Å². The predicted molar refractivity (Wildman–Crippen MR) is 137 cm³/mol. The monoisotopic (exact) mass is 514 g/mol. The van der Waals surface area contributed by atoms with Crippen molar-refractivity contribution in [2.75, 3.05) is 26.4 Å². The number of ether oxygens (including phenoxy) is 6. The van der Waals surface area contributed by atoms with Gasteiger partial charge in [0.15, 0.2) is 12.6 Å². The average molecular weight is 515 g/mol.